The second kappa shape index (κ2) is 6.66. The molecule has 0 atom stereocenters. The van der Waals surface area contributed by atoms with Crippen LogP contribution in [0.4, 0.5) is 0 Å². The van der Waals surface area contributed by atoms with Gasteiger partial charge in [-0.15, -0.1) is 0 Å². The molecule has 1 saturated carbocycles. The molecule has 0 bridgehead atoms. The summed E-state index contributed by atoms with van der Waals surface area (Å²) in [7, 11) is 1.11. The third-order valence-electron chi connectivity index (χ3n) is 4.12. The van der Waals surface area contributed by atoms with E-state index in [-0.39, 0.29) is 10.9 Å². The van der Waals surface area contributed by atoms with Crippen LogP contribution in [0.15, 0.2) is 23.1 Å². The Morgan fingerprint density at radius 3 is 2.33 bits per heavy atom. The summed E-state index contributed by atoms with van der Waals surface area (Å²) in [5.74, 6) is 0.892. The Hall–Kier alpha value is -1.27. The summed E-state index contributed by atoms with van der Waals surface area (Å²) >= 11 is 0. The predicted octanol–water partition coefficient (Wildman–Crippen LogP) is 2.66. The Balaban J connectivity index is 2.34. The summed E-state index contributed by atoms with van der Waals surface area (Å²) < 4.78 is 37.5. The minimum Gasteiger partial charge on any atom is -0.497 e. The van der Waals surface area contributed by atoms with Gasteiger partial charge in [-0.3, -0.25) is 0 Å². The van der Waals surface area contributed by atoms with Crippen LogP contribution in [0.5, 0.6) is 11.5 Å². The summed E-state index contributed by atoms with van der Waals surface area (Å²) in [5.41, 5.74) is 0. The van der Waals surface area contributed by atoms with Crippen LogP contribution >= 0.6 is 0 Å². The highest BCUT2D eigenvalue weighted by molar-refractivity contribution is 7.89. The van der Waals surface area contributed by atoms with Crippen molar-refractivity contribution < 1.29 is 17.9 Å². The molecule has 6 heteroatoms. The van der Waals surface area contributed by atoms with E-state index in [1.807, 2.05) is 0 Å². The highest BCUT2D eigenvalue weighted by atomic mass is 32.2. The molecule has 118 valence electrons. The van der Waals surface area contributed by atoms with Crippen molar-refractivity contribution in [1.29, 1.82) is 0 Å². The van der Waals surface area contributed by atoms with E-state index in [0.717, 1.165) is 25.7 Å². The van der Waals surface area contributed by atoms with E-state index in [1.165, 1.54) is 24.9 Å². The van der Waals surface area contributed by atoms with Crippen molar-refractivity contribution in [2.45, 2.75) is 43.0 Å². The second-order valence-corrected chi connectivity index (χ2v) is 7.30. The lowest BCUT2D eigenvalue weighted by molar-refractivity contribution is 0.284. The van der Waals surface area contributed by atoms with Gasteiger partial charge in [-0.2, -0.15) is 4.31 Å². The Labute approximate surface area is 126 Å². The maximum Gasteiger partial charge on any atom is 0.246 e. The number of rotatable bonds is 5. The molecular weight excluding hydrogens is 290 g/mol. The van der Waals surface area contributed by atoms with Crippen LogP contribution in [-0.2, 0) is 10.0 Å². The van der Waals surface area contributed by atoms with E-state index >= 15 is 0 Å². The summed E-state index contributed by atoms with van der Waals surface area (Å²) in [5, 5.41) is 0. The van der Waals surface area contributed by atoms with Crippen molar-refractivity contribution in [3.63, 3.8) is 0 Å². The fourth-order valence-corrected chi connectivity index (χ4v) is 4.33. The van der Waals surface area contributed by atoms with Gasteiger partial charge in [-0.25, -0.2) is 8.42 Å². The highest BCUT2D eigenvalue weighted by Crippen LogP contribution is 2.33. The fraction of sp³-hybridized carbons (Fsp3) is 0.600. The summed E-state index contributed by atoms with van der Waals surface area (Å²) in [6.07, 6.45) is 5.22. The number of ether oxygens (including phenoxy) is 2. The molecule has 0 amide bonds. The SMILES string of the molecule is COc1ccc(S(=O)(=O)N(C)C2CCCCC2)c(OC)c1. The Bertz CT molecular complexity index is 579. The number of nitrogens with zero attached hydrogens (tertiary/aromatic N) is 1. The molecule has 1 aliphatic carbocycles. The van der Waals surface area contributed by atoms with E-state index in [1.54, 1.807) is 25.2 Å². The summed E-state index contributed by atoms with van der Waals surface area (Å²) in [6, 6.07) is 4.87. The van der Waals surface area contributed by atoms with Crippen LogP contribution in [0.3, 0.4) is 0 Å². The molecule has 0 aliphatic heterocycles. The molecule has 1 aromatic rings. The monoisotopic (exact) mass is 313 g/mol. The molecule has 0 aromatic heterocycles. The van der Waals surface area contributed by atoms with Gasteiger partial charge in [0.15, 0.2) is 0 Å². The predicted molar refractivity (Wildman–Crippen MR) is 81.4 cm³/mol. The Morgan fingerprint density at radius 1 is 1.10 bits per heavy atom. The number of hydrogen-bond donors (Lipinski definition) is 0. The van der Waals surface area contributed by atoms with Crippen molar-refractivity contribution in [2.75, 3.05) is 21.3 Å². The molecule has 0 spiro atoms. The zero-order valence-electron chi connectivity index (χ0n) is 12.8. The number of methoxy groups -OCH3 is 2. The summed E-state index contributed by atoms with van der Waals surface area (Å²) in [6.45, 7) is 0. The van der Waals surface area contributed by atoms with E-state index in [4.69, 9.17) is 9.47 Å². The Kier molecular flexibility index (Phi) is 5.11. The van der Waals surface area contributed by atoms with Crippen molar-refractivity contribution in [3.05, 3.63) is 18.2 Å². The van der Waals surface area contributed by atoms with E-state index < -0.39 is 10.0 Å². The number of hydrogen-bond acceptors (Lipinski definition) is 4. The van der Waals surface area contributed by atoms with Gasteiger partial charge in [-0.1, -0.05) is 19.3 Å². The first kappa shape index (κ1) is 16.1. The normalized spacial score (nSPS) is 17.0. The third-order valence-corrected chi connectivity index (χ3v) is 6.07. The molecule has 0 heterocycles. The standard InChI is InChI=1S/C15H23NO4S/c1-16(12-7-5-4-6-8-12)21(17,18)15-10-9-13(19-2)11-14(15)20-3/h9-12H,4-8H2,1-3H3. The largest absolute Gasteiger partial charge is 0.497 e. The van der Waals surface area contributed by atoms with Gasteiger partial charge in [0.2, 0.25) is 10.0 Å². The maximum atomic E-state index is 12.8. The second-order valence-electron chi connectivity index (χ2n) is 5.33. The van der Waals surface area contributed by atoms with Gasteiger partial charge < -0.3 is 9.47 Å². The Morgan fingerprint density at radius 2 is 1.76 bits per heavy atom. The average Bonchev–Trinajstić information content (AvgIpc) is 2.54. The van der Waals surface area contributed by atoms with Crippen molar-refractivity contribution in [1.82, 2.24) is 4.31 Å². The molecule has 1 aromatic carbocycles. The molecule has 1 aliphatic rings. The average molecular weight is 313 g/mol. The molecule has 1 fully saturated rings. The van der Waals surface area contributed by atoms with Crippen LogP contribution < -0.4 is 9.47 Å². The molecule has 5 nitrogen and oxygen atoms in total. The minimum atomic E-state index is -3.55. The number of benzene rings is 1. The van der Waals surface area contributed by atoms with Gasteiger partial charge in [0.1, 0.15) is 16.4 Å². The van der Waals surface area contributed by atoms with Crippen LogP contribution in [0.1, 0.15) is 32.1 Å². The van der Waals surface area contributed by atoms with Crippen LogP contribution in [0.25, 0.3) is 0 Å². The van der Waals surface area contributed by atoms with Crippen molar-refractivity contribution in [3.8, 4) is 11.5 Å². The first-order valence-corrected chi connectivity index (χ1v) is 8.64. The fourth-order valence-electron chi connectivity index (χ4n) is 2.78. The summed E-state index contributed by atoms with van der Waals surface area (Å²) in [4.78, 5) is 0.193. The number of sulfonamides is 1. The van der Waals surface area contributed by atoms with Gasteiger partial charge in [0.05, 0.1) is 14.2 Å². The maximum absolute atomic E-state index is 12.8. The molecular formula is C15H23NO4S. The highest BCUT2D eigenvalue weighted by Gasteiger charge is 2.31. The molecule has 0 unspecified atom stereocenters. The minimum absolute atomic E-state index is 0.0792. The first-order valence-electron chi connectivity index (χ1n) is 7.20. The molecule has 0 saturated heterocycles. The molecule has 0 N–H and O–H groups in total. The van der Waals surface area contributed by atoms with Crippen molar-refractivity contribution >= 4 is 10.0 Å². The third kappa shape index (κ3) is 3.32. The van der Waals surface area contributed by atoms with Crippen LogP contribution in [0.2, 0.25) is 0 Å². The lowest BCUT2D eigenvalue weighted by Gasteiger charge is -2.30. The smallest absolute Gasteiger partial charge is 0.246 e. The van der Waals surface area contributed by atoms with Gasteiger partial charge in [0, 0.05) is 19.2 Å². The zero-order valence-corrected chi connectivity index (χ0v) is 13.6. The lowest BCUT2D eigenvalue weighted by atomic mass is 9.96. The van der Waals surface area contributed by atoms with E-state index in [0.29, 0.717) is 11.5 Å². The van der Waals surface area contributed by atoms with Gasteiger partial charge in [0.25, 0.3) is 0 Å². The van der Waals surface area contributed by atoms with Crippen molar-refractivity contribution in [2.24, 2.45) is 0 Å². The lowest BCUT2D eigenvalue weighted by Crippen LogP contribution is -2.38. The van der Waals surface area contributed by atoms with Gasteiger partial charge in [-0.05, 0) is 25.0 Å². The quantitative estimate of drug-likeness (QED) is 0.838. The molecule has 21 heavy (non-hydrogen) atoms. The van der Waals surface area contributed by atoms with E-state index in [2.05, 4.69) is 0 Å². The van der Waals surface area contributed by atoms with Crippen LogP contribution in [-0.4, -0.2) is 40.0 Å². The first-order chi connectivity index (χ1) is 10.0. The molecule has 0 radical (unpaired) electrons. The van der Waals surface area contributed by atoms with Crippen LogP contribution in [0, 0.1) is 0 Å². The van der Waals surface area contributed by atoms with E-state index in [9.17, 15) is 8.42 Å². The molecule has 2 rings (SSSR count). The topological polar surface area (TPSA) is 55.8 Å². The van der Waals surface area contributed by atoms with Gasteiger partial charge >= 0.3 is 0 Å². The zero-order chi connectivity index (χ0) is 15.5.